The van der Waals surface area contributed by atoms with Gasteiger partial charge in [-0.2, -0.15) is 0 Å². The molecule has 2 N–H and O–H groups in total. The number of rotatable bonds is 3. The summed E-state index contributed by atoms with van der Waals surface area (Å²) in [7, 11) is 0. The van der Waals surface area contributed by atoms with Crippen molar-refractivity contribution in [3.05, 3.63) is 29.3 Å². The van der Waals surface area contributed by atoms with E-state index in [2.05, 4.69) is 5.32 Å². The molecular formula is C12H17NO2. The van der Waals surface area contributed by atoms with Crippen molar-refractivity contribution in [3.8, 4) is 5.75 Å². The number of phenolic OH excluding ortho intramolecular Hbond substituents is 1. The van der Waals surface area contributed by atoms with Crippen LogP contribution < -0.4 is 5.32 Å². The fraction of sp³-hybridized carbons (Fsp3) is 0.417. The summed E-state index contributed by atoms with van der Waals surface area (Å²) in [5.41, 5.74) is 1.16. The van der Waals surface area contributed by atoms with E-state index in [1.165, 1.54) is 6.07 Å². The first-order valence-corrected chi connectivity index (χ1v) is 5.09. The summed E-state index contributed by atoms with van der Waals surface area (Å²) in [6, 6.07) is 5.06. The third-order valence-corrected chi connectivity index (χ3v) is 2.15. The number of aryl methyl sites for hydroxylation is 1. The quantitative estimate of drug-likeness (QED) is 0.797. The first-order chi connectivity index (χ1) is 7.02. The predicted octanol–water partition coefficient (Wildman–Crippen LogP) is 2.09. The summed E-state index contributed by atoms with van der Waals surface area (Å²) in [6.07, 6.45) is 0. The molecule has 3 heteroatoms. The molecule has 1 amide bonds. The zero-order valence-electron chi connectivity index (χ0n) is 9.37. The van der Waals surface area contributed by atoms with Crippen LogP contribution in [-0.2, 0) is 0 Å². The van der Waals surface area contributed by atoms with Gasteiger partial charge in [0.15, 0.2) is 0 Å². The Hall–Kier alpha value is -1.51. The van der Waals surface area contributed by atoms with Crippen molar-refractivity contribution in [2.75, 3.05) is 6.54 Å². The number of benzene rings is 1. The van der Waals surface area contributed by atoms with Gasteiger partial charge < -0.3 is 10.4 Å². The Bertz CT molecular complexity index is 338. The molecule has 0 saturated heterocycles. The molecule has 0 aliphatic rings. The molecule has 0 aliphatic carbocycles. The summed E-state index contributed by atoms with van der Waals surface area (Å²) in [4.78, 5) is 11.7. The third kappa shape index (κ3) is 2.98. The molecule has 3 nitrogen and oxygen atoms in total. The van der Waals surface area contributed by atoms with Crippen LogP contribution in [0.2, 0.25) is 0 Å². The predicted molar refractivity (Wildman–Crippen MR) is 60.0 cm³/mol. The molecule has 0 unspecified atom stereocenters. The van der Waals surface area contributed by atoms with Gasteiger partial charge in [0, 0.05) is 6.54 Å². The topological polar surface area (TPSA) is 49.3 Å². The van der Waals surface area contributed by atoms with E-state index in [-0.39, 0.29) is 11.7 Å². The summed E-state index contributed by atoms with van der Waals surface area (Å²) in [5, 5.41) is 12.3. The number of amides is 1. The number of carbonyl (C=O) groups excluding carboxylic acids is 1. The second-order valence-electron chi connectivity index (χ2n) is 4.07. The van der Waals surface area contributed by atoms with Crippen molar-refractivity contribution in [3.63, 3.8) is 0 Å². The van der Waals surface area contributed by atoms with Crippen molar-refractivity contribution in [2.45, 2.75) is 20.8 Å². The van der Waals surface area contributed by atoms with Gasteiger partial charge in [-0.15, -0.1) is 0 Å². The van der Waals surface area contributed by atoms with Crippen molar-refractivity contribution < 1.29 is 9.90 Å². The maximum absolute atomic E-state index is 11.7. The highest BCUT2D eigenvalue weighted by Gasteiger charge is 2.13. The Morgan fingerprint density at radius 2 is 2.13 bits per heavy atom. The van der Waals surface area contributed by atoms with Crippen LogP contribution in [-0.4, -0.2) is 17.6 Å². The smallest absolute Gasteiger partial charge is 0.255 e. The molecule has 0 aromatic heterocycles. The van der Waals surface area contributed by atoms with Crippen LogP contribution in [0.25, 0.3) is 0 Å². The largest absolute Gasteiger partial charge is 0.507 e. The lowest BCUT2D eigenvalue weighted by molar-refractivity contribution is 0.0945. The minimum atomic E-state index is -0.209. The lowest BCUT2D eigenvalue weighted by Gasteiger charge is -2.10. The van der Waals surface area contributed by atoms with Gasteiger partial charge >= 0.3 is 0 Å². The van der Waals surface area contributed by atoms with Crippen LogP contribution in [0, 0.1) is 12.8 Å². The molecule has 0 atom stereocenters. The molecule has 1 aromatic carbocycles. The third-order valence-electron chi connectivity index (χ3n) is 2.15. The Morgan fingerprint density at radius 3 is 2.67 bits per heavy atom. The van der Waals surface area contributed by atoms with Crippen molar-refractivity contribution in [2.24, 2.45) is 5.92 Å². The zero-order valence-corrected chi connectivity index (χ0v) is 9.37. The van der Waals surface area contributed by atoms with Gasteiger partial charge in [-0.1, -0.05) is 26.0 Å². The molecule has 0 aliphatic heterocycles. The van der Waals surface area contributed by atoms with E-state index in [9.17, 15) is 9.90 Å². The lowest BCUT2D eigenvalue weighted by atomic mass is 10.1. The molecule has 0 fully saturated rings. The van der Waals surface area contributed by atoms with Gasteiger partial charge in [0.2, 0.25) is 0 Å². The first kappa shape index (κ1) is 11.6. The van der Waals surface area contributed by atoms with Crippen LogP contribution in [0.4, 0.5) is 0 Å². The minimum Gasteiger partial charge on any atom is -0.507 e. The van der Waals surface area contributed by atoms with E-state index in [0.717, 1.165) is 5.56 Å². The average Bonchev–Trinajstić information content (AvgIpc) is 2.14. The van der Waals surface area contributed by atoms with Gasteiger partial charge in [0.1, 0.15) is 5.75 Å². The highest BCUT2D eigenvalue weighted by molar-refractivity contribution is 5.98. The molecular weight excluding hydrogens is 190 g/mol. The SMILES string of the molecule is Cc1cccc(O)c1C(=O)NCC(C)C. The molecule has 0 saturated carbocycles. The molecule has 0 spiro atoms. The average molecular weight is 207 g/mol. The van der Waals surface area contributed by atoms with E-state index in [0.29, 0.717) is 18.0 Å². The Balaban J connectivity index is 2.82. The van der Waals surface area contributed by atoms with E-state index >= 15 is 0 Å². The normalized spacial score (nSPS) is 10.4. The van der Waals surface area contributed by atoms with Crippen LogP contribution >= 0.6 is 0 Å². The van der Waals surface area contributed by atoms with Crippen molar-refractivity contribution in [1.29, 1.82) is 0 Å². The highest BCUT2D eigenvalue weighted by Crippen LogP contribution is 2.19. The summed E-state index contributed by atoms with van der Waals surface area (Å²) < 4.78 is 0. The molecule has 0 heterocycles. The Morgan fingerprint density at radius 1 is 1.47 bits per heavy atom. The van der Waals surface area contributed by atoms with Gasteiger partial charge in [-0.3, -0.25) is 4.79 Å². The van der Waals surface area contributed by atoms with Crippen LogP contribution in [0.1, 0.15) is 29.8 Å². The van der Waals surface area contributed by atoms with E-state index in [4.69, 9.17) is 0 Å². The fourth-order valence-corrected chi connectivity index (χ4v) is 1.33. The molecule has 1 aromatic rings. The Labute approximate surface area is 90.1 Å². The van der Waals surface area contributed by atoms with Crippen molar-refractivity contribution >= 4 is 5.91 Å². The number of phenols is 1. The summed E-state index contributed by atoms with van der Waals surface area (Å²) in [6.45, 7) is 6.48. The summed E-state index contributed by atoms with van der Waals surface area (Å²) >= 11 is 0. The molecule has 1 rings (SSSR count). The van der Waals surface area contributed by atoms with Crippen molar-refractivity contribution in [1.82, 2.24) is 5.32 Å². The van der Waals surface area contributed by atoms with E-state index < -0.39 is 0 Å². The van der Waals surface area contributed by atoms with Gasteiger partial charge in [-0.25, -0.2) is 0 Å². The molecule has 0 radical (unpaired) electrons. The van der Waals surface area contributed by atoms with E-state index in [1.807, 2.05) is 26.8 Å². The molecule has 82 valence electrons. The second kappa shape index (κ2) is 4.82. The monoisotopic (exact) mass is 207 g/mol. The molecule has 15 heavy (non-hydrogen) atoms. The number of hydrogen-bond donors (Lipinski definition) is 2. The van der Waals surface area contributed by atoms with Gasteiger partial charge in [-0.05, 0) is 24.5 Å². The van der Waals surface area contributed by atoms with Crippen LogP contribution in [0.5, 0.6) is 5.75 Å². The first-order valence-electron chi connectivity index (χ1n) is 5.09. The number of aromatic hydroxyl groups is 1. The fourth-order valence-electron chi connectivity index (χ4n) is 1.33. The van der Waals surface area contributed by atoms with E-state index in [1.54, 1.807) is 6.07 Å². The Kier molecular flexibility index (Phi) is 3.72. The maximum atomic E-state index is 11.7. The second-order valence-corrected chi connectivity index (χ2v) is 4.07. The number of carbonyl (C=O) groups is 1. The standard InChI is InChI=1S/C12H17NO2/c1-8(2)7-13-12(15)11-9(3)5-4-6-10(11)14/h4-6,8,14H,7H2,1-3H3,(H,13,15). The summed E-state index contributed by atoms with van der Waals surface area (Å²) in [5.74, 6) is 0.232. The highest BCUT2D eigenvalue weighted by atomic mass is 16.3. The number of nitrogens with one attached hydrogen (secondary N) is 1. The van der Waals surface area contributed by atoms with Crippen LogP contribution in [0.15, 0.2) is 18.2 Å². The zero-order chi connectivity index (χ0) is 11.4. The molecule has 0 bridgehead atoms. The van der Waals surface area contributed by atoms with Crippen LogP contribution in [0.3, 0.4) is 0 Å². The minimum absolute atomic E-state index is 0.0382. The number of hydrogen-bond acceptors (Lipinski definition) is 2. The lowest BCUT2D eigenvalue weighted by Crippen LogP contribution is -2.27. The maximum Gasteiger partial charge on any atom is 0.255 e. The van der Waals surface area contributed by atoms with Gasteiger partial charge in [0.25, 0.3) is 5.91 Å². The van der Waals surface area contributed by atoms with Gasteiger partial charge in [0.05, 0.1) is 5.56 Å².